The molecule has 108 valence electrons. The predicted molar refractivity (Wildman–Crippen MR) is 70.0 cm³/mol. The number of nitrogens with one attached hydrogen (secondary N) is 1. The molecule has 1 aliphatic rings. The number of halogens is 3. The fraction of sp³-hybridized carbons (Fsp3) is 0.133. The van der Waals surface area contributed by atoms with E-state index in [0.29, 0.717) is 11.4 Å². The van der Waals surface area contributed by atoms with E-state index in [1.807, 2.05) is 0 Å². The van der Waals surface area contributed by atoms with Crippen LogP contribution in [0.15, 0.2) is 36.4 Å². The van der Waals surface area contributed by atoms with Gasteiger partial charge in [-0.25, -0.2) is 13.2 Å². The minimum atomic E-state index is -1.66. The van der Waals surface area contributed by atoms with Gasteiger partial charge in [-0.15, -0.1) is 0 Å². The van der Waals surface area contributed by atoms with E-state index in [1.165, 1.54) is 0 Å². The second-order valence-corrected chi connectivity index (χ2v) is 4.57. The predicted octanol–water partition coefficient (Wildman–Crippen LogP) is 3.16. The van der Waals surface area contributed by atoms with Gasteiger partial charge in [0.25, 0.3) is 0 Å². The molecule has 3 rings (SSSR count). The Hall–Kier alpha value is -2.50. The lowest BCUT2D eigenvalue weighted by atomic mass is 10.0. The molecule has 0 aliphatic carbocycles. The maximum absolute atomic E-state index is 13.7. The van der Waals surface area contributed by atoms with Gasteiger partial charge in [-0.2, -0.15) is 0 Å². The van der Waals surface area contributed by atoms with Crippen LogP contribution in [0.5, 0.6) is 5.75 Å². The lowest BCUT2D eigenvalue weighted by Crippen LogP contribution is -2.38. The van der Waals surface area contributed by atoms with Gasteiger partial charge in [-0.05, 0) is 24.3 Å². The number of rotatable bonds is 2. The Labute approximate surface area is 118 Å². The highest BCUT2D eigenvalue weighted by atomic mass is 19.2. The van der Waals surface area contributed by atoms with Crippen molar-refractivity contribution < 1.29 is 22.7 Å². The zero-order valence-electron chi connectivity index (χ0n) is 10.7. The van der Waals surface area contributed by atoms with Gasteiger partial charge >= 0.3 is 0 Å². The van der Waals surface area contributed by atoms with Gasteiger partial charge in [-0.3, -0.25) is 4.79 Å². The van der Waals surface area contributed by atoms with Crippen molar-refractivity contribution in [3.8, 4) is 5.75 Å². The van der Waals surface area contributed by atoms with Gasteiger partial charge in [-0.1, -0.05) is 12.1 Å². The standard InChI is InChI=1S/C15H10F3NO2/c16-9-6-5-8(13(17)14(9)18)15(20)12-7-19-10-3-1-2-4-11(10)21-12/h1-6,12,19H,7H2. The fourth-order valence-corrected chi connectivity index (χ4v) is 2.15. The Morgan fingerprint density at radius 3 is 2.67 bits per heavy atom. The Morgan fingerprint density at radius 1 is 1.10 bits per heavy atom. The van der Waals surface area contributed by atoms with Crippen LogP contribution in [-0.4, -0.2) is 18.4 Å². The summed E-state index contributed by atoms with van der Waals surface area (Å²) in [4.78, 5) is 12.2. The molecule has 0 bridgehead atoms. The van der Waals surface area contributed by atoms with Crippen molar-refractivity contribution in [2.75, 3.05) is 11.9 Å². The number of carbonyl (C=O) groups excluding carboxylic acids is 1. The average molecular weight is 293 g/mol. The number of carbonyl (C=O) groups is 1. The number of benzene rings is 2. The molecule has 2 aromatic rings. The highest BCUT2D eigenvalue weighted by molar-refractivity contribution is 6.00. The second-order valence-electron chi connectivity index (χ2n) is 4.57. The largest absolute Gasteiger partial charge is 0.478 e. The molecule has 1 N–H and O–H groups in total. The van der Waals surface area contributed by atoms with Crippen LogP contribution in [0, 0.1) is 17.5 Å². The number of anilines is 1. The maximum atomic E-state index is 13.7. The van der Waals surface area contributed by atoms with Crippen molar-refractivity contribution in [1.82, 2.24) is 0 Å². The van der Waals surface area contributed by atoms with Gasteiger partial charge in [0, 0.05) is 0 Å². The van der Waals surface area contributed by atoms with Crippen molar-refractivity contribution in [1.29, 1.82) is 0 Å². The van der Waals surface area contributed by atoms with Crippen LogP contribution in [0.3, 0.4) is 0 Å². The van der Waals surface area contributed by atoms with Crippen molar-refractivity contribution >= 4 is 11.5 Å². The molecule has 0 saturated carbocycles. The molecule has 6 heteroatoms. The van der Waals surface area contributed by atoms with Crippen molar-refractivity contribution in [2.45, 2.75) is 6.10 Å². The first-order valence-electron chi connectivity index (χ1n) is 6.25. The molecule has 3 nitrogen and oxygen atoms in total. The number of fused-ring (bicyclic) bond motifs is 1. The van der Waals surface area contributed by atoms with E-state index in [4.69, 9.17) is 4.74 Å². The third-order valence-corrected chi connectivity index (χ3v) is 3.23. The van der Waals surface area contributed by atoms with Gasteiger partial charge in [0.1, 0.15) is 5.75 Å². The molecule has 0 radical (unpaired) electrons. The van der Waals surface area contributed by atoms with Crippen molar-refractivity contribution in [3.05, 3.63) is 59.4 Å². The summed E-state index contributed by atoms with van der Waals surface area (Å²) in [5.41, 5.74) is 0.187. The van der Waals surface area contributed by atoms with Crippen LogP contribution >= 0.6 is 0 Å². The highest BCUT2D eigenvalue weighted by Gasteiger charge is 2.30. The van der Waals surface area contributed by atoms with E-state index in [1.54, 1.807) is 24.3 Å². The molecule has 0 aromatic heterocycles. The number of ether oxygens (including phenoxy) is 1. The molecule has 1 unspecified atom stereocenters. The van der Waals surface area contributed by atoms with Gasteiger partial charge in [0.2, 0.25) is 5.78 Å². The molecule has 1 heterocycles. The number of para-hydroxylation sites is 2. The zero-order chi connectivity index (χ0) is 15.0. The van der Waals surface area contributed by atoms with Crippen LogP contribution in [0.2, 0.25) is 0 Å². The van der Waals surface area contributed by atoms with E-state index in [2.05, 4.69) is 5.32 Å². The zero-order valence-corrected chi connectivity index (χ0v) is 10.7. The topological polar surface area (TPSA) is 38.3 Å². The molecule has 0 amide bonds. The molecule has 0 saturated heterocycles. The summed E-state index contributed by atoms with van der Waals surface area (Å²) >= 11 is 0. The van der Waals surface area contributed by atoms with Gasteiger partial charge in [0.15, 0.2) is 23.6 Å². The molecule has 0 fully saturated rings. The third-order valence-electron chi connectivity index (χ3n) is 3.23. The lowest BCUT2D eigenvalue weighted by Gasteiger charge is -2.26. The quantitative estimate of drug-likeness (QED) is 0.683. The Morgan fingerprint density at radius 2 is 1.86 bits per heavy atom. The Kier molecular flexibility index (Phi) is 3.29. The van der Waals surface area contributed by atoms with E-state index in [0.717, 1.165) is 12.1 Å². The van der Waals surface area contributed by atoms with Crippen LogP contribution in [0.4, 0.5) is 18.9 Å². The normalized spacial score (nSPS) is 16.6. The summed E-state index contributed by atoms with van der Waals surface area (Å²) in [7, 11) is 0. The van der Waals surface area contributed by atoms with Crippen molar-refractivity contribution in [3.63, 3.8) is 0 Å². The molecule has 1 aliphatic heterocycles. The summed E-state index contributed by atoms with van der Waals surface area (Å²) in [5, 5.41) is 2.97. The van der Waals surface area contributed by atoms with Crippen LogP contribution < -0.4 is 10.1 Å². The summed E-state index contributed by atoms with van der Waals surface area (Å²) in [5.74, 6) is -4.79. The SMILES string of the molecule is O=C(c1ccc(F)c(F)c1F)C1CNc2ccccc2O1. The number of ketones is 1. The van der Waals surface area contributed by atoms with E-state index >= 15 is 0 Å². The van der Waals surface area contributed by atoms with E-state index in [9.17, 15) is 18.0 Å². The number of hydrogen-bond donors (Lipinski definition) is 1. The highest BCUT2D eigenvalue weighted by Crippen LogP contribution is 2.29. The van der Waals surface area contributed by atoms with E-state index in [-0.39, 0.29) is 6.54 Å². The summed E-state index contributed by atoms with van der Waals surface area (Å²) in [6.45, 7) is 0.119. The van der Waals surface area contributed by atoms with E-state index < -0.39 is 34.9 Å². The first-order chi connectivity index (χ1) is 10.1. The second kappa shape index (κ2) is 5.12. The third kappa shape index (κ3) is 2.33. The molecular weight excluding hydrogens is 283 g/mol. The first kappa shape index (κ1) is 13.5. The summed E-state index contributed by atoms with van der Waals surface area (Å²) in [6.07, 6.45) is -1.00. The van der Waals surface area contributed by atoms with Gasteiger partial charge < -0.3 is 10.1 Å². The molecule has 1 atom stereocenters. The van der Waals surface area contributed by atoms with Crippen molar-refractivity contribution in [2.24, 2.45) is 0 Å². The molecule has 2 aromatic carbocycles. The summed E-state index contributed by atoms with van der Waals surface area (Å²) in [6, 6.07) is 8.59. The Balaban J connectivity index is 1.89. The van der Waals surface area contributed by atoms with Gasteiger partial charge in [0.05, 0.1) is 17.8 Å². The lowest BCUT2D eigenvalue weighted by molar-refractivity contribution is 0.0796. The summed E-state index contributed by atoms with van der Waals surface area (Å²) < 4.78 is 45.2. The smallest absolute Gasteiger partial charge is 0.208 e. The first-order valence-corrected chi connectivity index (χ1v) is 6.25. The monoisotopic (exact) mass is 293 g/mol. The molecule has 21 heavy (non-hydrogen) atoms. The minimum absolute atomic E-state index is 0.119. The molecular formula is C15H10F3NO2. The minimum Gasteiger partial charge on any atom is -0.478 e. The van der Waals surface area contributed by atoms with Crippen LogP contribution in [-0.2, 0) is 0 Å². The number of Topliss-reactive ketones (excluding diaryl/α,β-unsaturated/α-hetero) is 1. The number of hydrogen-bond acceptors (Lipinski definition) is 3. The average Bonchev–Trinajstić information content (AvgIpc) is 2.52. The van der Waals surface area contributed by atoms with Crippen LogP contribution in [0.25, 0.3) is 0 Å². The Bertz CT molecular complexity index is 718. The maximum Gasteiger partial charge on any atom is 0.208 e. The molecule has 0 spiro atoms. The van der Waals surface area contributed by atoms with Crippen LogP contribution in [0.1, 0.15) is 10.4 Å². The fourth-order valence-electron chi connectivity index (χ4n) is 2.15.